The van der Waals surface area contributed by atoms with Crippen LogP contribution in [0.4, 0.5) is 0 Å². The molecule has 1 unspecified atom stereocenters. The van der Waals surface area contributed by atoms with Crippen LogP contribution in [0.5, 0.6) is 5.75 Å². The van der Waals surface area contributed by atoms with Gasteiger partial charge in [0.1, 0.15) is 12.4 Å². The van der Waals surface area contributed by atoms with E-state index in [-0.39, 0.29) is 23.5 Å². The number of nitrogens with one attached hydrogen (secondary N) is 1. The van der Waals surface area contributed by atoms with Crippen molar-refractivity contribution in [3.05, 3.63) is 93.3 Å². The molecular weight excluding hydrogens is 486 g/mol. The third-order valence-corrected chi connectivity index (χ3v) is 5.86. The van der Waals surface area contributed by atoms with E-state index < -0.39 is 24.1 Å². The second-order valence-electron chi connectivity index (χ2n) is 7.86. The first kappa shape index (κ1) is 27.0. The van der Waals surface area contributed by atoms with Gasteiger partial charge in [-0.1, -0.05) is 41.9 Å². The van der Waals surface area contributed by atoms with Crippen molar-refractivity contribution < 1.29 is 33.6 Å². The maximum absolute atomic E-state index is 13.5. The van der Waals surface area contributed by atoms with Gasteiger partial charge in [0.2, 0.25) is 0 Å². The molecule has 1 atom stereocenters. The molecular formula is C27H28ClNO7. The quantitative estimate of drug-likeness (QED) is 0.353. The SMILES string of the molecule is COc1ccc(/C=C/COC(=O)C2=C(C(OC)OC)NC(C)=C(C(=O)O)C2c2cccc(Cl)c2)cc1. The molecule has 2 N–H and O–H groups in total. The average Bonchev–Trinajstić information content (AvgIpc) is 2.87. The average molecular weight is 514 g/mol. The number of carboxylic acid groups (broad SMARTS) is 1. The molecule has 0 aromatic heterocycles. The zero-order valence-electron chi connectivity index (χ0n) is 20.4. The molecule has 2 aromatic carbocycles. The van der Waals surface area contributed by atoms with Crippen LogP contribution in [0, 0.1) is 0 Å². The lowest BCUT2D eigenvalue weighted by molar-refractivity contribution is -0.139. The Bertz CT molecular complexity index is 1200. The number of aliphatic carboxylic acids is 1. The number of hydrogen-bond donors (Lipinski definition) is 2. The number of ether oxygens (including phenoxy) is 4. The van der Waals surface area contributed by atoms with E-state index in [4.69, 9.17) is 30.5 Å². The van der Waals surface area contributed by atoms with Crippen molar-refractivity contribution in [2.24, 2.45) is 0 Å². The molecule has 8 nitrogen and oxygen atoms in total. The summed E-state index contributed by atoms with van der Waals surface area (Å²) < 4.78 is 21.5. The summed E-state index contributed by atoms with van der Waals surface area (Å²) in [5.74, 6) is -2.13. The van der Waals surface area contributed by atoms with Crippen molar-refractivity contribution >= 4 is 29.6 Å². The van der Waals surface area contributed by atoms with Gasteiger partial charge in [-0.2, -0.15) is 0 Å². The highest BCUT2D eigenvalue weighted by Crippen LogP contribution is 2.40. The van der Waals surface area contributed by atoms with E-state index in [9.17, 15) is 14.7 Å². The maximum Gasteiger partial charge on any atom is 0.337 e. The van der Waals surface area contributed by atoms with Crippen molar-refractivity contribution in [1.29, 1.82) is 0 Å². The van der Waals surface area contributed by atoms with Gasteiger partial charge in [0, 0.05) is 24.9 Å². The largest absolute Gasteiger partial charge is 0.497 e. The van der Waals surface area contributed by atoms with Gasteiger partial charge >= 0.3 is 11.9 Å². The minimum atomic E-state index is -1.18. The molecule has 1 heterocycles. The third kappa shape index (κ3) is 6.15. The van der Waals surface area contributed by atoms with Gasteiger partial charge in [-0.15, -0.1) is 0 Å². The number of allylic oxidation sites excluding steroid dienone is 1. The number of carbonyl (C=O) groups is 2. The zero-order valence-corrected chi connectivity index (χ0v) is 21.2. The Hall–Kier alpha value is -3.59. The van der Waals surface area contributed by atoms with Crippen molar-refractivity contribution in [2.75, 3.05) is 27.9 Å². The molecule has 0 fully saturated rings. The fraction of sp³-hybridized carbons (Fsp3) is 0.259. The topological polar surface area (TPSA) is 103 Å². The summed E-state index contributed by atoms with van der Waals surface area (Å²) in [4.78, 5) is 25.7. The number of halogens is 1. The number of rotatable bonds is 10. The van der Waals surface area contributed by atoms with E-state index in [1.807, 2.05) is 24.3 Å². The minimum Gasteiger partial charge on any atom is -0.497 e. The Morgan fingerprint density at radius 3 is 2.36 bits per heavy atom. The maximum atomic E-state index is 13.5. The number of benzene rings is 2. The van der Waals surface area contributed by atoms with Gasteiger partial charge in [-0.3, -0.25) is 0 Å². The molecule has 190 valence electrons. The van der Waals surface area contributed by atoms with Gasteiger partial charge in [0.05, 0.1) is 29.9 Å². The summed E-state index contributed by atoms with van der Waals surface area (Å²) in [6, 6.07) is 14.1. The number of carbonyl (C=O) groups excluding carboxylic acids is 1. The second-order valence-corrected chi connectivity index (χ2v) is 8.30. The van der Waals surface area contributed by atoms with E-state index >= 15 is 0 Å². The highest BCUT2D eigenvalue weighted by atomic mass is 35.5. The smallest absolute Gasteiger partial charge is 0.337 e. The van der Waals surface area contributed by atoms with Crippen LogP contribution in [-0.2, 0) is 23.8 Å². The molecule has 9 heteroatoms. The Balaban J connectivity index is 1.98. The van der Waals surface area contributed by atoms with E-state index in [1.165, 1.54) is 14.2 Å². The van der Waals surface area contributed by atoms with Crippen molar-refractivity contribution in [2.45, 2.75) is 19.1 Å². The standard InChI is InChI=1S/C27H28ClNO7/c1-16-21(25(30)31)22(18-8-5-9-19(28)15-18)23(24(29-16)27(34-3)35-4)26(32)36-14-6-7-17-10-12-20(33-2)13-11-17/h5-13,15,22,27,29H,14H2,1-4H3,(H,30,31)/b7-6+. The fourth-order valence-electron chi connectivity index (χ4n) is 4.00. The number of esters is 1. The summed E-state index contributed by atoms with van der Waals surface area (Å²) in [5.41, 5.74) is 2.08. The lowest BCUT2D eigenvalue weighted by atomic mass is 9.80. The minimum absolute atomic E-state index is 0.00676. The number of hydrogen-bond acceptors (Lipinski definition) is 7. The molecule has 0 spiro atoms. The lowest BCUT2D eigenvalue weighted by Crippen LogP contribution is -2.38. The monoisotopic (exact) mass is 513 g/mol. The molecule has 0 saturated heterocycles. The van der Waals surface area contributed by atoms with Crippen molar-refractivity contribution in [3.63, 3.8) is 0 Å². The van der Waals surface area contributed by atoms with Gasteiger partial charge in [0.15, 0.2) is 6.29 Å². The van der Waals surface area contributed by atoms with E-state index in [0.717, 1.165) is 11.3 Å². The first-order valence-corrected chi connectivity index (χ1v) is 11.4. The summed E-state index contributed by atoms with van der Waals surface area (Å²) in [5, 5.41) is 13.4. The lowest BCUT2D eigenvalue weighted by Gasteiger charge is -2.33. The molecule has 0 bridgehead atoms. The van der Waals surface area contributed by atoms with Crippen LogP contribution in [0.15, 0.2) is 77.1 Å². The molecule has 2 aromatic rings. The first-order chi connectivity index (χ1) is 17.3. The van der Waals surface area contributed by atoms with Crippen molar-refractivity contribution in [1.82, 2.24) is 5.32 Å². The van der Waals surface area contributed by atoms with Crippen LogP contribution in [0.3, 0.4) is 0 Å². The molecule has 0 aliphatic carbocycles. The third-order valence-electron chi connectivity index (χ3n) is 5.63. The number of dihydropyridines is 1. The van der Waals surface area contributed by atoms with Gasteiger partial charge in [0.25, 0.3) is 0 Å². The van der Waals surface area contributed by atoms with Crippen molar-refractivity contribution in [3.8, 4) is 5.75 Å². The molecule has 36 heavy (non-hydrogen) atoms. The normalized spacial score (nSPS) is 15.9. The Morgan fingerprint density at radius 1 is 1.08 bits per heavy atom. The predicted molar refractivity (Wildman–Crippen MR) is 135 cm³/mol. The molecule has 1 aliphatic heterocycles. The highest BCUT2D eigenvalue weighted by molar-refractivity contribution is 6.30. The zero-order chi connectivity index (χ0) is 26.2. The van der Waals surface area contributed by atoms with Crippen LogP contribution in [0.1, 0.15) is 24.0 Å². The molecule has 0 amide bonds. The van der Waals surface area contributed by atoms with Gasteiger partial charge in [-0.25, -0.2) is 9.59 Å². The molecule has 1 aliphatic rings. The predicted octanol–water partition coefficient (Wildman–Crippen LogP) is 4.52. The number of carboxylic acids is 1. The van der Waals surface area contributed by atoms with E-state index in [2.05, 4.69) is 5.32 Å². The van der Waals surface area contributed by atoms with Crippen LogP contribution in [-0.4, -0.2) is 51.3 Å². The summed E-state index contributed by atoms with van der Waals surface area (Å²) in [6.45, 7) is 1.57. The van der Waals surface area contributed by atoms with E-state index in [1.54, 1.807) is 50.5 Å². The van der Waals surface area contributed by atoms with Crippen LogP contribution < -0.4 is 10.1 Å². The van der Waals surface area contributed by atoms with E-state index in [0.29, 0.717) is 16.3 Å². The number of methoxy groups -OCH3 is 3. The van der Waals surface area contributed by atoms with Gasteiger partial charge < -0.3 is 29.4 Å². The highest BCUT2D eigenvalue weighted by Gasteiger charge is 2.40. The van der Waals surface area contributed by atoms with Gasteiger partial charge in [-0.05, 0) is 48.4 Å². The molecule has 0 radical (unpaired) electrons. The van der Waals surface area contributed by atoms with Crippen LogP contribution >= 0.6 is 11.6 Å². The summed E-state index contributed by atoms with van der Waals surface area (Å²) >= 11 is 6.21. The molecule has 0 saturated carbocycles. The Kier molecular flexibility index (Phi) is 9.30. The first-order valence-electron chi connectivity index (χ1n) is 11.0. The second kappa shape index (κ2) is 12.4. The van der Waals surface area contributed by atoms with Crippen LogP contribution in [0.2, 0.25) is 5.02 Å². The van der Waals surface area contributed by atoms with Crippen LogP contribution in [0.25, 0.3) is 6.08 Å². The Morgan fingerprint density at radius 2 is 1.78 bits per heavy atom. The summed E-state index contributed by atoms with van der Waals surface area (Å²) in [7, 11) is 4.43. The summed E-state index contributed by atoms with van der Waals surface area (Å²) in [6.07, 6.45) is 2.53. The Labute approximate surface area is 214 Å². The fourth-order valence-corrected chi connectivity index (χ4v) is 4.20. The molecule has 3 rings (SSSR count).